The van der Waals surface area contributed by atoms with Crippen LogP contribution < -0.4 is 16.0 Å². The number of aryl methyl sites for hydroxylation is 2. The van der Waals surface area contributed by atoms with Crippen molar-refractivity contribution < 1.29 is 9.59 Å². The highest BCUT2D eigenvalue weighted by molar-refractivity contribution is 5.94. The molecule has 0 atom stereocenters. The van der Waals surface area contributed by atoms with Crippen LogP contribution in [0.3, 0.4) is 0 Å². The molecule has 2 rings (SSSR count). The first kappa shape index (κ1) is 17.5. The van der Waals surface area contributed by atoms with Crippen molar-refractivity contribution in [1.82, 2.24) is 0 Å². The highest BCUT2D eigenvalue weighted by Gasteiger charge is 2.04. The SMILES string of the molecule is CCC(=O)Nc1ccc(NC(=O)CNc2ccc(C)c(C)c2)cc1. The minimum atomic E-state index is -0.126. The van der Waals surface area contributed by atoms with Crippen molar-refractivity contribution in [2.24, 2.45) is 0 Å². The summed E-state index contributed by atoms with van der Waals surface area (Å²) in [6.07, 6.45) is 0.433. The van der Waals surface area contributed by atoms with E-state index in [2.05, 4.69) is 22.9 Å². The molecule has 0 saturated heterocycles. The van der Waals surface area contributed by atoms with Crippen molar-refractivity contribution in [1.29, 1.82) is 0 Å². The summed E-state index contributed by atoms with van der Waals surface area (Å²) < 4.78 is 0. The van der Waals surface area contributed by atoms with Gasteiger partial charge in [0.25, 0.3) is 0 Å². The Kier molecular flexibility index (Phi) is 5.95. The monoisotopic (exact) mass is 325 g/mol. The van der Waals surface area contributed by atoms with Gasteiger partial charge in [0, 0.05) is 23.5 Å². The van der Waals surface area contributed by atoms with E-state index >= 15 is 0 Å². The fraction of sp³-hybridized carbons (Fsp3) is 0.263. The molecule has 2 amide bonds. The summed E-state index contributed by atoms with van der Waals surface area (Å²) in [6.45, 7) is 6.08. The second-order valence-electron chi connectivity index (χ2n) is 5.68. The third-order valence-corrected chi connectivity index (χ3v) is 3.73. The zero-order valence-corrected chi connectivity index (χ0v) is 14.3. The summed E-state index contributed by atoms with van der Waals surface area (Å²) in [5, 5.41) is 8.69. The summed E-state index contributed by atoms with van der Waals surface area (Å²) in [6, 6.07) is 13.1. The molecule has 5 heteroatoms. The van der Waals surface area contributed by atoms with Gasteiger partial charge in [0.05, 0.1) is 6.54 Å². The normalized spacial score (nSPS) is 10.1. The van der Waals surface area contributed by atoms with Crippen LogP contribution in [-0.4, -0.2) is 18.4 Å². The van der Waals surface area contributed by atoms with E-state index in [1.54, 1.807) is 31.2 Å². The first-order chi connectivity index (χ1) is 11.5. The summed E-state index contributed by atoms with van der Waals surface area (Å²) in [4.78, 5) is 23.3. The molecule has 5 nitrogen and oxygen atoms in total. The van der Waals surface area contributed by atoms with Crippen LogP contribution >= 0.6 is 0 Å². The molecule has 0 bridgehead atoms. The van der Waals surface area contributed by atoms with E-state index in [4.69, 9.17) is 0 Å². The summed E-state index contributed by atoms with van der Waals surface area (Å²) in [5.41, 5.74) is 4.74. The molecule has 0 fully saturated rings. The molecule has 0 heterocycles. The van der Waals surface area contributed by atoms with Crippen molar-refractivity contribution >= 4 is 28.9 Å². The fourth-order valence-electron chi connectivity index (χ4n) is 2.13. The smallest absolute Gasteiger partial charge is 0.243 e. The quantitative estimate of drug-likeness (QED) is 0.758. The van der Waals surface area contributed by atoms with Gasteiger partial charge >= 0.3 is 0 Å². The van der Waals surface area contributed by atoms with Crippen LogP contribution in [-0.2, 0) is 9.59 Å². The van der Waals surface area contributed by atoms with Crippen LogP contribution in [0.25, 0.3) is 0 Å². The molecule has 0 spiro atoms. The zero-order valence-electron chi connectivity index (χ0n) is 14.3. The molecule has 0 radical (unpaired) electrons. The maximum Gasteiger partial charge on any atom is 0.243 e. The van der Waals surface area contributed by atoms with Gasteiger partial charge in [-0.2, -0.15) is 0 Å². The van der Waals surface area contributed by atoms with E-state index in [9.17, 15) is 9.59 Å². The molecule has 24 heavy (non-hydrogen) atoms. The van der Waals surface area contributed by atoms with Crippen LogP contribution in [0.15, 0.2) is 42.5 Å². The highest BCUT2D eigenvalue weighted by atomic mass is 16.2. The largest absolute Gasteiger partial charge is 0.376 e. The Morgan fingerprint density at radius 2 is 1.33 bits per heavy atom. The van der Waals surface area contributed by atoms with Crippen molar-refractivity contribution in [3.05, 3.63) is 53.6 Å². The Hall–Kier alpha value is -2.82. The Morgan fingerprint density at radius 3 is 1.88 bits per heavy atom. The summed E-state index contributed by atoms with van der Waals surface area (Å²) in [7, 11) is 0. The van der Waals surface area contributed by atoms with Crippen LogP contribution in [0.4, 0.5) is 17.1 Å². The Balaban J connectivity index is 1.85. The van der Waals surface area contributed by atoms with Gasteiger partial charge in [-0.3, -0.25) is 9.59 Å². The molecule has 126 valence electrons. The molecule has 2 aromatic carbocycles. The third-order valence-electron chi connectivity index (χ3n) is 3.73. The molecule has 0 aliphatic carbocycles. The van der Waals surface area contributed by atoms with Crippen LogP contribution in [0.1, 0.15) is 24.5 Å². The number of amides is 2. The minimum absolute atomic E-state index is 0.0376. The molecule has 0 saturated carbocycles. The van der Waals surface area contributed by atoms with Gasteiger partial charge in [-0.15, -0.1) is 0 Å². The van der Waals surface area contributed by atoms with Crippen molar-refractivity contribution in [2.45, 2.75) is 27.2 Å². The fourth-order valence-corrected chi connectivity index (χ4v) is 2.13. The Bertz CT molecular complexity index is 724. The van der Waals surface area contributed by atoms with Crippen LogP contribution in [0.2, 0.25) is 0 Å². The lowest BCUT2D eigenvalue weighted by atomic mass is 10.1. The van der Waals surface area contributed by atoms with E-state index in [1.165, 1.54) is 11.1 Å². The first-order valence-corrected chi connectivity index (χ1v) is 7.99. The number of carbonyl (C=O) groups excluding carboxylic acids is 2. The minimum Gasteiger partial charge on any atom is -0.376 e. The molecule has 0 aromatic heterocycles. The van der Waals surface area contributed by atoms with E-state index in [0.29, 0.717) is 17.8 Å². The lowest BCUT2D eigenvalue weighted by Crippen LogP contribution is -2.21. The Morgan fingerprint density at radius 1 is 0.792 bits per heavy atom. The number of carbonyl (C=O) groups is 2. The van der Waals surface area contributed by atoms with Gasteiger partial charge in [0.1, 0.15) is 0 Å². The maximum absolute atomic E-state index is 12.0. The van der Waals surface area contributed by atoms with Crippen molar-refractivity contribution in [3.63, 3.8) is 0 Å². The average Bonchev–Trinajstić information content (AvgIpc) is 2.57. The third kappa shape index (κ3) is 5.12. The standard InChI is InChI=1S/C19H23N3O2/c1-4-18(23)21-15-7-9-16(10-8-15)22-19(24)12-20-17-6-5-13(2)14(3)11-17/h5-11,20H,4,12H2,1-3H3,(H,21,23)(H,22,24). The molecule has 0 unspecified atom stereocenters. The number of rotatable bonds is 6. The molecule has 2 aromatic rings. The number of hydrogen-bond acceptors (Lipinski definition) is 3. The topological polar surface area (TPSA) is 70.2 Å². The van der Waals surface area contributed by atoms with Gasteiger partial charge in [0.2, 0.25) is 11.8 Å². The molecular weight excluding hydrogens is 302 g/mol. The van der Waals surface area contributed by atoms with E-state index in [0.717, 1.165) is 5.69 Å². The van der Waals surface area contributed by atoms with Gasteiger partial charge in [-0.1, -0.05) is 13.0 Å². The van der Waals surface area contributed by atoms with E-state index in [1.807, 2.05) is 25.1 Å². The zero-order chi connectivity index (χ0) is 17.5. The first-order valence-electron chi connectivity index (χ1n) is 7.99. The lowest BCUT2D eigenvalue weighted by Gasteiger charge is -2.10. The van der Waals surface area contributed by atoms with Gasteiger partial charge < -0.3 is 16.0 Å². The second kappa shape index (κ2) is 8.15. The number of anilines is 3. The summed E-state index contributed by atoms with van der Waals surface area (Å²) >= 11 is 0. The Labute approximate surface area is 142 Å². The van der Waals surface area contributed by atoms with Crippen molar-refractivity contribution in [3.8, 4) is 0 Å². The predicted octanol–water partition coefficient (Wildman–Crippen LogP) is 3.70. The van der Waals surface area contributed by atoms with E-state index < -0.39 is 0 Å². The highest BCUT2D eigenvalue weighted by Crippen LogP contribution is 2.15. The number of benzene rings is 2. The lowest BCUT2D eigenvalue weighted by molar-refractivity contribution is -0.116. The van der Waals surface area contributed by atoms with Crippen LogP contribution in [0.5, 0.6) is 0 Å². The number of hydrogen-bond donors (Lipinski definition) is 3. The summed E-state index contributed by atoms with van der Waals surface area (Å²) in [5.74, 6) is -0.164. The molecule has 3 N–H and O–H groups in total. The van der Waals surface area contributed by atoms with Gasteiger partial charge in [-0.05, 0) is 61.4 Å². The molecular formula is C19H23N3O2. The van der Waals surface area contributed by atoms with Gasteiger partial charge in [-0.25, -0.2) is 0 Å². The van der Waals surface area contributed by atoms with Gasteiger partial charge in [0.15, 0.2) is 0 Å². The van der Waals surface area contributed by atoms with E-state index in [-0.39, 0.29) is 18.4 Å². The second-order valence-corrected chi connectivity index (χ2v) is 5.68. The number of nitrogens with one attached hydrogen (secondary N) is 3. The average molecular weight is 325 g/mol. The molecule has 0 aliphatic rings. The maximum atomic E-state index is 12.0. The molecule has 0 aliphatic heterocycles. The van der Waals surface area contributed by atoms with Crippen molar-refractivity contribution in [2.75, 3.05) is 22.5 Å². The van der Waals surface area contributed by atoms with Crippen LogP contribution in [0, 0.1) is 13.8 Å². The predicted molar refractivity (Wildman–Crippen MR) is 98.4 cm³/mol.